The molecule has 6 nitrogen and oxygen atoms in total. The number of methoxy groups -OCH3 is 1. The maximum absolute atomic E-state index is 13.5. The van der Waals surface area contributed by atoms with E-state index in [1.165, 1.54) is 0 Å². The molecule has 2 aliphatic rings. The zero-order chi connectivity index (χ0) is 21.3. The van der Waals surface area contributed by atoms with Crippen molar-refractivity contribution in [2.24, 2.45) is 5.92 Å². The topological polar surface area (TPSA) is 78.9 Å². The lowest BCUT2D eigenvalue weighted by atomic mass is 9.79. The van der Waals surface area contributed by atoms with Crippen LogP contribution >= 0.6 is 0 Å². The largest absolute Gasteiger partial charge is 0.497 e. The minimum atomic E-state index is -1.12. The molecule has 0 spiro atoms. The van der Waals surface area contributed by atoms with E-state index in [0.717, 1.165) is 18.4 Å². The van der Waals surface area contributed by atoms with Gasteiger partial charge in [0, 0.05) is 18.0 Å². The van der Waals surface area contributed by atoms with Gasteiger partial charge in [-0.1, -0.05) is 30.3 Å². The van der Waals surface area contributed by atoms with Crippen molar-refractivity contribution in [2.45, 2.75) is 43.9 Å². The minimum absolute atomic E-state index is 0.0184. The van der Waals surface area contributed by atoms with Crippen molar-refractivity contribution in [3.8, 4) is 5.75 Å². The molecule has 158 valence electrons. The van der Waals surface area contributed by atoms with Crippen molar-refractivity contribution in [3.05, 3.63) is 65.7 Å². The number of nitrogens with one attached hydrogen (secondary N) is 1. The lowest BCUT2D eigenvalue weighted by molar-refractivity contribution is -0.128. The van der Waals surface area contributed by atoms with Gasteiger partial charge in [-0.05, 0) is 56.0 Å². The van der Waals surface area contributed by atoms with Gasteiger partial charge in [-0.15, -0.1) is 0 Å². The molecule has 2 fully saturated rings. The number of likely N-dealkylation sites (tertiary alicyclic amines) is 1. The van der Waals surface area contributed by atoms with Gasteiger partial charge in [-0.3, -0.25) is 9.59 Å². The molecule has 0 bridgehead atoms. The van der Waals surface area contributed by atoms with Gasteiger partial charge < -0.3 is 20.1 Å². The van der Waals surface area contributed by atoms with E-state index in [1.807, 2.05) is 30.3 Å². The van der Waals surface area contributed by atoms with E-state index in [1.54, 1.807) is 43.2 Å². The number of aliphatic hydroxyl groups is 1. The smallest absolute Gasteiger partial charge is 0.254 e. The summed E-state index contributed by atoms with van der Waals surface area (Å²) < 4.78 is 5.20. The van der Waals surface area contributed by atoms with Crippen LogP contribution < -0.4 is 10.1 Å². The SMILES string of the molecule is COc1ccc(C(=O)N2CC[C@@](C)(O)[C@@H](NC(=O)C3CC3)[C@@H]2c2ccccc2)cc1. The molecule has 1 saturated heterocycles. The number of ether oxygens (including phenoxy) is 1. The molecule has 1 saturated carbocycles. The molecule has 1 aliphatic heterocycles. The van der Waals surface area contributed by atoms with Crippen LogP contribution in [0.25, 0.3) is 0 Å². The highest BCUT2D eigenvalue weighted by Gasteiger charge is 2.48. The van der Waals surface area contributed by atoms with Crippen molar-refractivity contribution in [1.82, 2.24) is 10.2 Å². The third-order valence-corrected chi connectivity index (χ3v) is 6.17. The molecule has 2 aromatic carbocycles. The fraction of sp³-hybridized carbons (Fsp3) is 0.417. The fourth-order valence-corrected chi connectivity index (χ4v) is 4.16. The Bertz CT molecular complexity index is 907. The lowest BCUT2D eigenvalue weighted by Gasteiger charge is -2.49. The zero-order valence-corrected chi connectivity index (χ0v) is 17.4. The molecular formula is C24H28N2O4. The number of rotatable bonds is 5. The number of hydrogen-bond acceptors (Lipinski definition) is 4. The van der Waals surface area contributed by atoms with E-state index in [4.69, 9.17) is 4.74 Å². The Morgan fingerprint density at radius 3 is 2.37 bits per heavy atom. The highest BCUT2D eigenvalue weighted by molar-refractivity contribution is 5.95. The molecule has 0 aromatic heterocycles. The number of carbonyl (C=O) groups excluding carboxylic acids is 2. The van der Waals surface area contributed by atoms with Gasteiger partial charge in [0.15, 0.2) is 0 Å². The average molecular weight is 408 g/mol. The average Bonchev–Trinajstić information content (AvgIpc) is 3.60. The molecule has 2 amide bonds. The summed E-state index contributed by atoms with van der Waals surface area (Å²) in [4.78, 5) is 27.8. The zero-order valence-electron chi connectivity index (χ0n) is 17.4. The normalized spacial score (nSPS) is 26.2. The van der Waals surface area contributed by atoms with E-state index in [0.29, 0.717) is 24.3 Å². The Hall–Kier alpha value is -2.86. The summed E-state index contributed by atoms with van der Waals surface area (Å²) >= 11 is 0. The molecule has 0 unspecified atom stereocenters. The Morgan fingerprint density at radius 2 is 1.77 bits per heavy atom. The van der Waals surface area contributed by atoms with Gasteiger partial charge in [0.25, 0.3) is 5.91 Å². The second-order valence-corrected chi connectivity index (χ2v) is 8.45. The summed E-state index contributed by atoms with van der Waals surface area (Å²) in [5.41, 5.74) is 0.313. The Labute approximate surface area is 176 Å². The van der Waals surface area contributed by atoms with Crippen LogP contribution in [0.5, 0.6) is 5.75 Å². The number of nitrogens with zero attached hydrogens (tertiary/aromatic N) is 1. The highest BCUT2D eigenvalue weighted by Crippen LogP contribution is 2.39. The molecular weight excluding hydrogens is 380 g/mol. The molecule has 0 radical (unpaired) electrons. The van der Waals surface area contributed by atoms with Gasteiger partial charge >= 0.3 is 0 Å². The first-order chi connectivity index (χ1) is 14.4. The van der Waals surface area contributed by atoms with Crippen molar-refractivity contribution >= 4 is 11.8 Å². The number of piperidine rings is 1. The predicted molar refractivity (Wildman–Crippen MR) is 113 cm³/mol. The van der Waals surface area contributed by atoms with Crippen molar-refractivity contribution in [2.75, 3.05) is 13.7 Å². The van der Waals surface area contributed by atoms with E-state index in [9.17, 15) is 14.7 Å². The first kappa shape index (κ1) is 20.4. The number of benzene rings is 2. The molecule has 30 heavy (non-hydrogen) atoms. The Kier molecular flexibility index (Phi) is 5.52. The summed E-state index contributed by atoms with van der Waals surface area (Å²) in [5.74, 6) is 0.528. The van der Waals surface area contributed by atoms with Crippen LogP contribution in [0.1, 0.15) is 48.1 Å². The number of carbonyl (C=O) groups is 2. The maximum Gasteiger partial charge on any atom is 0.254 e. The molecule has 3 atom stereocenters. The van der Waals surface area contributed by atoms with Gasteiger partial charge in [0.1, 0.15) is 5.75 Å². The van der Waals surface area contributed by atoms with Crippen LogP contribution in [0.3, 0.4) is 0 Å². The monoisotopic (exact) mass is 408 g/mol. The highest BCUT2D eigenvalue weighted by atomic mass is 16.5. The predicted octanol–water partition coefficient (Wildman–Crippen LogP) is 2.93. The van der Waals surface area contributed by atoms with Crippen LogP contribution in [-0.4, -0.2) is 47.1 Å². The molecule has 1 heterocycles. The Morgan fingerprint density at radius 1 is 1.10 bits per heavy atom. The van der Waals surface area contributed by atoms with E-state index in [2.05, 4.69) is 5.32 Å². The second kappa shape index (κ2) is 8.11. The fourth-order valence-electron chi connectivity index (χ4n) is 4.16. The quantitative estimate of drug-likeness (QED) is 0.797. The van der Waals surface area contributed by atoms with E-state index < -0.39 is 17.7 Å². The lowest BCUT2D eigenvalue weighted by Crippen LogP contribution is -2.63. The van der Waals surface area contributed by atoms with Crippen molar-refractivity contribution in [1.29, 1.82) is 0 Å². The second-order valence-electron chi connectivity index (χ2n) is 8.45. The molecule has 1 aliphatic carbocycles. The molecule has 2 aromatic rings. The Balaban J connectivity index is 1.70. The summed E-state index contributed by atoms with van der Waals surface area (Å²) in [6.45, 7) is 2.14. The maximum atomic E-state index is 13.5. The first-order valence-electron chi connectivity index (χ1n) is 10.4. The third kappa shape index (κ3) is 4.05. The van der Waals surface area contributed by atoms with Crippen LogP contribution in [0, 0.1) is 5.92 Å². The van der Waals surface area contributed by atoms with Gasteiger partial charge in [-0.25, -0.2) is 0 Å². The molecule has 6 heteroatoms. The summed E-state index contributed by atoms with van der Waals surface area (Å²) in [5, 5.41) is 14.3. The van der Waals surface area contributed by atoms with Crippen molar-refractivity contribution in [3.63, 3.8) is 0 Å². The van der Waals surface area contributed by atoms with Crippen LogP contribution in [0.2, 0.25) is 0 Å². The summed E-state index contributed by atoms with van der Waals surface area (Å²) in [6, 6.07) is 15.6. The standard InChI is InChI=1S/C24H28N2O4/c1-24(29)14-15-26(23(28)18-10-12-19(30-2)13-11-18)20(16-6-4-3-5-7-16)21(24)25-22(27)17-8-9-17/h3-7,10-13,17,20-21,29H,8-9,14-15H2,1-2H3,(H,25,27)/t20-,21-,24+/m0/s1. The van der Waals surface area contributed by atoms with E-state index in [-0.39, 0.29) is 17.7 Å². The van der Waals surface area contributed by atoms with Crippen LogP contribution in [-0.2, 0) is 4.79 Å². The summed E-state index contributed by atoms with van der Waals surface area (Å²) in [7, 11) is 1.59. The van der Waals surface area contributed by atoms with Gasteiger partial charge in [0.2, 0.25) is 5.91 Å². The number of amides is 2. The molecule has 2 N–H and O–H groups in total. The third-order valence-electron chi connectivity index (χ3n) is 6.17. The van der Waals surface area contributed by atoms with Gasteiger partial charge in [-0.2, -0.15) is 0 Å². The first-order valence-corrected chi connectivity index (χ1v) is 10.4. The summed E-state index contributed by atoms with van der Waals surface area (Å²) in [6.07, 6.45) is 2.14. The number of hydrogen-bond donors (Lipinski definition) is 2. The molecule has 4 rings (SSSR count). The minimum Gasteiger partial charge on any atom is -0.497 e. The van der Waals surface area contributed by atoms with Crippen LogP contribution in [0.4, 0.5) is 0 Å². The van der Waals surface area contributed by atoms with E-state index >= 15 is 0 Å². The van der Waals surface area contributed by atoms with Gasteiger partial charge in [0.05, 0.1) is 24.8 Å². The van der Waals surface area contributed by atoms with Crippen molar-refractivity contribution < 1.29 is 19.4 Å². The van der Waals surface area contributed by atoms with Crippen LogP contribution in [0.15, 0.2) is 54.6 Å².